The summed E-state index contributed by atoms with van der Waals surface area (Å²) < 4.78 is 5.35. The zero-order valence-electron chi connectivity index (χ0n) is 13.3. The highest BCUT2D eigenvalue weighted by atomic mass is 35.5. The van der Waals surface area contributed by atoms with E-state index in [9.17, 15) is 0 Å². The maximum Gasteiger partial charge on any atom is 0.177 e. The van der Waals surface area contributed by atoms with Gasteiger partial charge >= 0.3 is 0 Å². The number of nitrogens with one attached hydrogen (secondary N) is 1. The zero-order chi connectivity index (χ0) is 16.8. The molecule has 5 nitrogen and oxygen atoms in total. The Bertz CT molecular complexity index is 633. The Morgan fingerprint density at radius 1 is 1.29 bits per heavy atom. The van der Waals surface area contributed by atoms with Crippen LogP contribution in [0.1, 0.15) is 12.0 Å². The van der Waals surface area contributed by atoms with E-state index in [1.54, 1.807) is 17.8 Å². The number of nitrogens with zero attached hydrogens (tertiary/aromatic N) is 3. The van der Waals surface area contributed by atoms with E-state index in [-0.39, 0.29) is 0 Å². The van der Waals surface area contributed by atoms with Gasteiger partial charge in [-0.3, -0.25) is 15.3 Å². The van der Waals surface area contributed by atoms with Crippen LogP contribution in [0.25, 0.3) is 0 Å². The third-order valence-corrected chi connectivity index (χ3v) is 5.33. The second kappa shape index (κ2) is 9.06. The molecule has 0 aromatic heterocycles. The van der Waals surface area contributed by atoms with Crippen LogP contribution < -0.4 is 5.43 Å². The number of rotatable bonds is 5. The Labute approximate surface area is 156 Å². The van der Waals surface area contributed by atoms with Crippen molar-refractivity contribution < 1.29 is 4.74 Å². The SMILES string of the molecule is Clc1ccc(C2=NNC(=NCCCN3CCOCC3)SC2)c(Cl)c1. The van der Waals surface area contributed by atoms with E-state index in [2.05, 4.69) is 20.4 Å². The van der Waals surface area contributed by atoms with Crippen LogP contribution in [0.2, 0.25) is 10.0 Å². The molecule has 0 amide bonds. The third-order valence-electron chi connectivity index (χ3n) is 3.87. The first-order valence-electron chi connectivity index (χ1n) is 7.98. The molecule has 1 aromatic rings. The maximum absolute atomic E-state index is 6.23. The molecule has 0 spiro atoms. The van der Waals surface area contributed by atoms with Gasteiger partial charge in [0.15, 0.2) is 5.17 Å². The summed E-state index contributed by atoms with van der Waals surface area (Å²) in [4.78, 5) is 7.00. The van der Waals surface area contributed by atoms with Crippen molar-refractivity contribution in [2.75, 3.05) is 45.1 Å². The Morgan fingerprint density at radius 2 is 2.12 bits per heavy atom. The van der Waals surface area contributed by atoms with Crippen LogP contribution in [-0.4, -0.2) is 60.9 Å². The molecule has 0 saturated carbocycles. The monoisotopic (exact) mass is 386 g/mol. The minimum atomic E-state index is 0.620. The Kier molecular flexibility index (Phi) is 6.80. The molecule has 0 atom stereocenters. The summed E-state index contributed by atoms with van der Waals surface area (Å²) in [7, 11) is 0. The average molecular weight is 387 g/mol. The number of hydrogen-bond acceptors (Lipinski definition) is 5. The number of hydrogen-bond donors (Lipinski definition) is 1. The molecule has 1 saturated heterocycles. The molecule has 0 aliphatic carbocycles. The number of aliphatic imine (C=N–C) groups is 1. The lowest BCUT2D eigenvalue weighted by Crippen LogP contribution is -2.37. The van der Waals surface area contributed by atoms with E-state index < -0.39 is 0 Å². The normalized spacial score (nSPS) is 20.8. The van der Waals surface area contributed by atoms with Crippen molar-refractivity contribution in [2.24, 2.45) is 10.1 Å². The van der Waals surface area contributed by atoms with Gasteiger partial charge in [-0.25, -0.2) is 0 Å². The number of amidine groups is 1. The van der Waals surface area contributed by atoms with Crippen LogP contribution in [0.3, 0.4) is 0 Å². The fourth-order valence-corrected chi connectivity index (χ4v) is 3.86. The van der Waals surface area contributed by atoms with Gasteiger partial charge in [-0.05, 0) is 18.6 Å². The van der Waals surface area contributed by atoms with Crippen LogP contribution >= 0.6 is 35.0 Å². The van der Waals surface area contributed by atoms with Crippen LogP contribution in [-0.2, 0) is 4.74 Å². The highest BCUT2D eigenvalue weighted by Gasteiger charge is 2.15. The van der Waals surface area contributed by atoms with Gasteiger partial charge in [0.25, 0.3) is 0 Å². The largest absolute Gasteiger partial charge is 0.379 e. The van der Waals surface area contributed by atoms with E-state index in [4.69, 9.17) is 27.9 Å². The first-order chi connectivity index (χ1) is 11.7. The first kappa shape index (κ1) is 18.0. The third kappa shape index (κ3) is 5.10. The van der Waals surface area contributed by atoms with Gasteiger partial charge in [0, 0.05) is 42.5 Å². The number of thioether (sulfide) groups is 1. The van der Waals surface area contributed by atoms with Gasteiger partial charge in [-0.1, -0.05) is 41.0 Å². The number of morpholine rings is 1. The van der Waals surface area contributed by atoms with Crippen LogP contribution in [0.4, 0.5) is 0 Å². The summed E-state index contributed by atoms with van der Waals surface area (Å²) in [6, 6.07) is 5.46. The smallest absolute Gasteiger partial charge is 0.177 e. The van der Waals surface area contributed by atoms with E-state index in [1.807, 2.05) is 12.1 Å². The lowest BCUT2D eigenvalue weighted by molar-refractivity contribution is 0.0377. The lowest BCUT2D eigenvalue weighted by Gasteiger charge is -2.26. The van der Waals surface area contributed by atoms with Gasteiger partial charge in [-0.15, -0.1) is 0 Å². The van der Waals surface area contributed by atoms with Crippen molar-refractivity contribution in [1.82, 2.24) is 10.3 Å². The van der Waals surface area contributed by atoms with E-state index >= 15 is 0 Å². The Balaban J connectivity index is 1.47. The quantitative estimate of drug-likeness (QED) is 0.789. The summed E-state index contributed by atoms with van der Waals surface area (Å²) >= 11 is 13.8. The molecule has 2 heterocycles. The van der Waals surface area contributed by atoms with Crippen molar-refractivity contribution in [2.45, 2.75) is 6.42 Å². The summed E-state index contributed by atoms with van der Waals surface area (Å²) in [5.41, 5.74) is 4.84. The highest BCUT2D eigenvalue weighted by molar-refractivity contribution is 8.14. The molecule has 1 aromatic carbocycles. The molecule has 2 aliphatic rings. The van der Waals surface area contributed by atoms with Gasteiger partial charge in [0.1, 0.15) is 0 Å². The molecular weight excluding hydrogens is 367 g/mol. The Morgan fingerprint density at radius 3 is 2.83 bits per heavy atom. The first-order valence-corrected chi connectivity index (χ1v) is 9.72. The van der Waals surface area contributed by atoms with Crippen LogP contribution in [0, 0.1) is 0 Å². The number of ether oxygens (including phenoxy) is 1. The maximum atomic E-state index is 6.23. The van der Waals surface area contributed by atoms with Gasteiger partial charge in [0.2, 0.25) is 0 Å². The molecule has 1 fully saturated rings. The lowest BCUT2D eigenvalue weighted by atomic mass is 10.1. The Hall–Kier alpha value is -0.790. The van der Waals surface area contributed by atoms with E-state index in [1.165, 1.54) is 0 Å². The second-order valence-corrected chi connectivity index (χ2v) is 7.39. The van der Waals surface area contributed by atoms with Crippen molar-refractivity contribution in [3.8, 4) is 0 Å². The van der Waals surface area contributed by atoms with Crippen molar-refractivity contribution in [1.29, 1.82) is 0 Å². The average Bonchev–Trinajstić information content (AvgIpc) is 2.60. The predicted molar refractivity (Wildman–Crippen MR) is 103 cm³/mol. The van der Waals surface area contributed by atoms with Crippen LogP contribution in [0.5, 0.6) is 0 Å². The number of halogens is 2. The number of hydrazone groups is 1. The molecule has 130 valence electrons. The molecule has 24 heavy (non-hydrogen) atoms. The van der Waals surface area contributed by atoms with Crippen LogP contribution in [0.15, 0.2) is 28.3 Å². The summed E-state index contributed by atoms with van der Waals surface area (Å²) in [5, 5.41) is 6.52. The number of benzene rings is 1. The molecule has 3 rings (SSSR count). The minimum absolute atomic E-state index is 0.620. The van der Waals surface area contributed by atoms with E-state index in [0.717, 1.165) is 68.0 Å². The van der Waals surface area contributed by atoms with Gasteiger partial charge < -0.3 is 4.74 Å². The van der Waals surface area contributed by atoms with E-state index in [0.29, 0.717) is 10.0 Å². The summed E-state index contributed by atoms with van der Waals surface area (Å²) in [5.74, 6) is 0.747. The van der Waals surface area contributed by atoms with Crippen molar-refractivity contribution in [3.05, 3.63) is 33.8 Å². The minimum Gasteiger partial charge on any atom is -0.379 e. The fraction of sp³-hybridized carbons (Fsp3) is 0.500. The molecule has 8 heteroatoms. The molecule has 2 aliphatic heterocycles. The van der Waals surface area contributed by atoms with Gasteiger partial charge in [-0.2, -0.15) is 5.10 Å². The second-order valence-electron chi connectivity index (χ2n) is 5.58. The molecular formula is C16H20Cl2N4OS. The zero-order valence-corrected chi connectivity index (χ0v) is 15.6. The highest BCUT2D eigenvalue weighted by Crippen LogP contribution is 2.24. The summed E-state index contributed by atoms with van der Waals surface area (Å²) in [6.07, 6.45) is 1.05. The fourth-order valence-electron chi connectivity index (χ4n) is 2.56. The van der Waals surface area contributed by atoms with Gasteiger partial charge in [0.05, 0.1) is 23.9 Å². The standard InChI is InChI=1S/C16H20Cl2N4OS/c17-12-2-3-13(14(18)10-12)15-11-24-16(21-20-15)19-4-1-5-22-6-8-23-9-7-22/h2-3,10H,1,4-9,11H2,(H,19,21). The molecule has 0 radical (unpaired) electrons. The molecule has 1 N–H and O–H groups in total. The molecule has 0 bridgehead atoms. The predicted octanol–water partition coefficient (Wildman–Crippen LogP) is 3.11. The summed E-state index contributed by atoms with van der Waals surface area (Å²) in [6.45, 7) is 5.62. The molecule has 0 unspecified atom stereocenters. The topological polar surface area (TPSA) is 49.2 Å². The van der Waals surface area contributed by atoms with Crippen molar-refractivity contribution >= 4 is 45.8 Å². The van der Waals surface area contributed by atoms with Crippen molar-refractivity contribution in [3.63, 3.8) is 0 Å².